The highest BCUT2D eigenvalue weighted by atomic mass is 16.5. The molecule has 3 nitrogen and oxygen atoms in total. The third-order valence-electron chi connectivity index (χ3n) is 4.05. The van der Waals surface area contributed by atoms with Crippen LogP contribution in [0.3, 0.4) is 0 Å². The van der Waals surface area contributed by atoms with Crippen molar-refractivity contribution < 1.29 is 14.6 Å². The molecule has 0 radical (unpaired) electrons. The number of hydrogen-bond acceptors (Lipinski definition) is 3. The number of aliphatic hydroxyl groups is 1. The Kier molecular flexibility index (Phi) is 4.35. The van der Waals surface area contributed by atoms with E-state index in [1.54, 1.807) is 0 Å². The molecule has 0 aliphatic heterocycles. The molecule has 1 aromatic carbocycles. The molecular weight excluding hydrogens is 240 g/mol. The fourth-order valence-electron chi connectivity index (χ4n) is 2.91. The molecule has 1 fully saturated rings. The van der Waals surface area contributed by atoms with Crippen LogP contribution in [0.15, 0.2) is 18.2 Å². The second kappa shape index (κ2) is 5.83. The second-order valence-corrected chi connectivity index (χ2v) is 5.25. The molecule has 0 amide bonds. The molecule has 3 heteroatoms. The smallest absolute Gasteiger partial charge is 0.161 e. The van der Waals surface area contributed by atoms with E-state index >= 15 is 0 Å². The molecule has 0 heterocycles. The first-order valence-corrected chi connectivity index (χ1v) is 7.24. The minimum atomic E-state index is -0.712. The van der Waals surface area contributed by atoms with E-state index < -0.39 is 5.60 Å². The van der Waals surface area contributed by atoms with Crippen LogP contribution in [0.1, 0.15) is 45.6 Å². The van der Waals surface area contributed by atoms with E-state index in [1.807, 2.05) is 32.0 Å². The van der Waals surface area contributed by atoms with Crippen molar-refractivity contribution in [1.29, 1.82) is 0 Å². The van der Waals surface area contributed by atoms with Crippen molar-refractivity contribution >= 4 is 0 Å². The van der Waals surface area contributed by atoms with Crippen molar-refractivity contribution in [2.75, 3.05) is 13.2 Å². The first-order valence-electron chi connectivity index (χ1n) is 7.24. The van der Waals surface area contributed by atoms with Crippen molar-refractivity contribution in [2.45, 2.75) is 45.6 Å². The maximum absolute atomic E-state index is 10.8. The lowest BCUT2D eigenvalue weighted by Gasteiger charge is -2.29. The van der Waals surface area contributed by atoms with Crippen molar-refractivity contribution in [3.8, 4) is 11.5 Å². The lowest BCUT2D eigenvalue weighted by Crippen LogP contribution is -2.28. The topological polar surface area (TPSA) is 38.7 Å². The summed E-state index contributed by atoms with van der Waals surface area (Å²) in [5.41, 5.74) is 0.237. The van der Waals surface area contributed by atoms with Gasteiger partial charge in [-0.05, 0) is 56.7 Å². The Labute approximate surface area is 115 Å². The third kappa shape index (κ3) is 2.71. The first-order chi connectivity index (χ1) is 9.11. The Morgan fingerprint density at radius 2 is 1.89 bits per heavy atom. The van der Waals surface area contributed by atoms with Gasteiger partial charge in [-0.2, -0.15) is 0 Å². The number of rotatable bonds is 5. The van der Waals surface area contributed by atoms with Gasteiger partial charge in [0, 0.05) is 0 Å². The summed E-state index contributed by atoms with van der Waals surface area (Å²) in [5, 5.41) is 10.8. The third-order valence-corrected chi connectivity index (χ3v) is 4.05. The molecule has 0 saturated heterocycles. The van der Waals surface area contributed by atoms with Gasteiger partial charge in [-0.25, -0.2) is 0 Å². The van der Waals surface area contributed by atoms with Crippen LogP contribution in [-0.4, -0.2) is 18.3 Å². The van der Waals surface area contributed by atoms with Crippen LogP contribution in [0, 0.1) is 5.92 Å². The molecule has 0 bridgehead atoms. The number of hydrogen-bond donors (Lipinski definition) is 1. The molecule has 1 saturated carbocycles. The molecule has 1 aliphatic carbocycles. The molecule has 1 N–H and O–H groups in total. The summed E-state index contributed by atoms with van der Waals surface area (Å²) in [7, 11) is 0. The Morgan fingerprint density at radius 1 is 1.21 bits per heavy atom. The van der Waals surface area contributed by atoms with Crippen molar-refractivity contribution in [3.63, 3.8) is 0 Å². The second-order valence-electron chi connectivity index (χ2n) is 5.25. The standard InChI is InChI=1S/C16H24O3/c1-4-18-14-9-8-13(11-15(14)19-5-2)16(17)10-6-7-12(16)3/h8-9,11-12,17H,4-7,10H2,1-3H3. The van der Waals surface area contributed by atoms with Crippen LogP contribution in [0.5, 0.6) is 11.5 Å². The van der Waals surface area contributed by atoms with Crippen LogP contribution in [0.4, 0.5) is 0 Å². The minimum absolute atomic E-state index is 0.292. The average molecular weight is 264 g/mol. The van der Waals surface area contributed by atoms with Crippen molar-refractivity contribution in [3.05, 3.63) is 23.8 Å². The predicted octanol–water partition coefficient (Wildman–Crippen LogP) is 3.49. The van der Waals surface area contributed by atoms with E-state index in [-0.39, 0.29) is 0 Å². The normalized spacial score (nSPS) is 26.4. The Morgan fingerprint density at radius 3 is 2.47 bits per heavy atom. The number of ether oxygens (including phenoxy) is 2. The largest absolute Gasteiger partial charge is 0.490 e. The fraction of sp³-hybridized carbons (Fsp3) is 0.625. The molecule has 2 atom stereocenters. The van der Waals surface area contributed by atoms with E-state index in [0.29, 0.717) is 19.1 Å². The minimum Gasteiger partial charge on any atom is -0.490 e. The summed E-state index contributed by atoms with van der Waals surface area (Å²) < 4.78 is 11.2. The van der Waals surface area contributed by atoms with Crippen LogP contribution in [0.2, 0.25) is 0 Å². The Hall–Kier alpha value is -1.22. The molecule has 2 unspecified atom stereocenters. The maximum Gasteiger partial charge on any atom is 0.161 e. The monoisotopic (exact) mass is 264 g/mol. The lowest BCUT2D eigenvalue weighted by atomic mass is 9.85. The van der Waals surface area contributed by atoms with Gasteiger partial charge < -0.3 is 14.6 Å². The van der Waals surface area contributed by atoms with Crippen LogP contribution in [-0.2, 0) is 5.60 Å². The van der Waals surface area contributed by atoms with Crippen LogP contribution in [0.25, 0.3) is 0 Å². The average Bonchev–Trinajstić information content (AvgIpc) is 2.73. The summed E-state index contributed by atoms with van der Waals surface area (Å²) in [6.07, 6.45) is 2.98. The van der Waals surface area contributed by atoms with Gasteiger partial charge in [0.25, 0.3) is 0 Å². The van der Waals surface area contributed by atoms with E-state index in [2.05, 4.69) is 6.92 Å². The molecule has 1 aromatic rings. The van der Waals surface area contributed by atoms with Gasteiger partial charge in [-0.3, -0.25) is 0 Å². The quantitative estimate of drug-likeness (QED) is 0.884. The highest BCUT2D eigenvalue weighted by Crippen LogP contribution is 2.45. The highest BCUT2D eigenvalue weighted by Gasteiger charge is 2.40. The summed E-state index contributed by atoms with van der Waals surface area (Å²) >= 11 is 0. The molecule has 0 aromatic heterocycles. The van der Waals surface area contributed by atoms with Gasteiger partial charge >= 0.3 is 0 Å². The first kappa shape index (κ1) is 14.2. The van der Waals surface area contributed by atoms with Gasteiger partial charge in [0.15, 0.2) is 11.5 Å². The van der Waals surface area contributed by atoms with E-state index in [0.717, 1.165) is 36.3 Å². The van der Waals surface area contributed by atoms with Crippen molar-refractivity contribution in [1.82, 2.24) is 0 Å². The molecule has 19 heavy (non-hydrogen) atoms. The Balaban J connectivity index is 2.34. The van der Waals surface area contributed by atoms with Gasteiger partial charge in [0.2, 0.25) is 0 Å². The molecule has 0 spiro atoms. The lowest BCUT2D eigenvalue weighted by molar-refractivity contribution is 0.00422. The molecular formula is C16H24O3. The van der Waals surface area contributed by atoms with Gasteiger partial charge in [-0.15, -0.1) is 0 Å². The molecule has 2 rings (SSSR count). The summed E-state index contributed by atoms with van der Waals surface area (Å²) in [6.45, 7) is 7.23. The zero-order valence-electron chi connectivity index (χ0n) is 12.1. The van der Waals surface area contributed by atoms with E-state index in [1.165, 1.54) is 0 Å². The highest BCUT2D eigenvalue weighted by molar-refractivity contribution is 5.45. The van der Waals surface area contributed by atoms with Gasteiger partial charge in [-0.1, -0.05) is 13.0 Å². The van der Waals surface area contributed by atoms with Crippen molar-refractivity contribution in [2.24, 2.45) is 5.92 Å². The van der Waals surface area contributed by atoms with E-state index in [9.17, 15) is 5.11 Å². The zero-order valence-corrected chi connectivity index (χ0v) is 12.1. The van der Waals surface area contributed by atoms with Gasteiger partial charge in [0.1, 0.15) is 0 Å². The van der Waals surface area contributed by atoms with Gasteiger partial charge in [0.05, 0.1) is 18.8 Å². The fourth-order valence-corrected chi connectivity index (χ4v) is 2.91. The van der Waals surface area contributed by atoms with Crippen LogP contribution >= 0.6 is 0 Å². The molecule has 106 valence electrons. The summed E-state index contributed by atoms with van der Waals surface area (Å²) in [5.74, 6) is 1.77. The number of benzene rings is 1. The summed E-state index contributed by atoms with van der Waals surface area (Å²) in [4.78, 5) is 0. The Bertz CT molecular complexity index is 430. The SMILES string of the molecule is CCOc1ccc(C2(O)CCCC2C)cc1OCC. The zero-order chi connectivity index (χ0) is 13.9. The van der Waals surface area contributed by atoms with Crippen LogP contribution < -0.4 is 9.47 Å². The predicted molar refractivity (Wildman–Crippen MR) is 75.7 cm³/mol. The summed E-state index contributed by atoms with van der Waals surface area (Å²) in [6, 6.07) is 5.82. The van der Waals surface area contributed by atoms with E-state index in [4.69, 9.17) is 9.47 Å². The molecule has 1 aliphatic rings. The maximum atomic E-state index is 10.8.